The van der Waals surface area contributed by atoms with Gasteiger partial charge < -0.3 is 9.64 Å². The molecule has 0 radical (unpaired) electrons. The molecule has 0 spiro atoms. The molecular formula is C23H29N3O3. The number of likely N-dealkylation sites (tertiary alicyclic amines) is 1. The Balaban J connectivity index is 1.29. The normalized spacial score (nSPS) is 24.4. The molecule has 4 rings (SSSR count). The van der Waals surface area contributed by atoms with Gasteiger partial charge in [0.2, 0.25) is 5.91 Å². The number of amides is 1. The number of hydrogen-bond donors (Lipinski definition) is 1. The maximum Gasteiger partial charge on any atom is 0.328 e. The van der Waals surface area contributed by atoms with Crippen molar-refractivity contribution in [2.75, 3.05) is 13.7 Å². The lowest BCUT2D eigenvalue weighted by atomic mass is 9.77. The number of esters is 1. The quantitative estimate of drug-likeness (QED) is 0.779. The first-order valence-electron chi connectivity index (χ1n) is 10.6. The third-order valence-electron chi connectivity index (χ3n) is 6.55. The van der Waals surface area contributed by atoms with E-state index >= 15 is 0 Å². The lowest BCUT2D eigenvalue weighted by Crippen LogP contribution is -2.41. The molecule has 1 atom stereocenters. The number of aromatic amines is 1. The highest BCUT2D eigenvalue weighted by Crippen LogP contribution is 2.38. The van der Waals surface area contributed by atoms with E-state index in [0.29, 0.717) is 24.8 Å². The molecule has 1 aromatic heterocycles. The highest BCUT2D eigenvalue weighted by Gasteiger charge is 2.36. The topological polar surface area (TPSA) is 75.3 Å². The van der Waals surface area contributed by atoms with Crippen molar-refractivity contribution in [2.24, 2.45) is 5.92 Å². The zero-order valence-electron chi connectivity index (χ0n) is 17.0. The van der Waals surface area contributed by atoms with Gasteiger partial charge in [-0.15, -0.1) is 0 Å². The third kappa shape index (κ3) is 4.36. The maximum absolute atomic E-state index is 12.8. The average Bonchev–Trinajstić information content (AvgIpc) is 3.46. The molecule has 1 amide bonds. The van der Waals surface area contributed by atoms with Crippen molar-refractivity contribution in [1.82, 2.24) is 15.1 Å². The standard InChI is InChI=1S/C23H29N3O3/c1-29-23(28)21-3-2-14-26(21)22(27)15-16-4-6-17(7-5-16)18-8-10-19(11-9-18)20-12-13-24-25-20/h8-13,16-17,21H,2-7,14-15H2,1H3,(H,24,25)/t16?,17?,21-/m0/s1. The molecule has 2 aliphatic rings. The first kappa shape index (κ1) is 19.7. The summed E-state index contributed by atoms with van der Waals surface area (Å²) in [6.45, 7) is 0.677. The first-order valence-corrected chi connectivity index (χ1v) is 10.6. The molecule has 6 heteroatoms. The zero-order valence-corrected chi connectivity index (χ0v) is 17.0. The number of carbonyl (C=O) groups excluding carboxylic acids is 2. The van der Waals surface area contributed by atoms with Gasteiger partial charge in [-0.2, -0.15) is 5.10 Å². The minimum Gasteiger partial charge on any atom is -0.467 e. The minimum atomic E-state index is -0.378. The summed E-state index contributed by atoms with van der Waals surface area (Å²) in [5, 5.41) is 7.01. The van der Waals surface area contributed by atoms with Crippen LogP contribution in [0.15, 0.2) is 36.5 Å². The van der Waals surface area contributed by atoms with Crippen molar-refractivity contribution in [1.29, 1.82) is 0 Å². The highest BCUT2D eigenvalue weighted by atomic mass is 16.5. The Morgan fingerprint density at radius 2 is 1.86 bits per heavy atom. The van der Waals surface area contributed by atoms with Crippen molar-refractivity contribution < 1.29 is 14.3 Å². The Labute approximate surface area is 171 Å². The van der Waals surface area contributed by atoms with Crippen molar-refractivity contribution in [3.63, 3.8) is 0 Å². The summed E-state index contributed by atoms with van der Waals surface area (Å²) < 4.78 is 4.86. The van der Waals surface area contributed by atoms with Gasteiger partial charge in [-0.05, 0) is 67.6 Å². The molecule has 2 aromatic rings. The van der Waals surface area contributed by atoms with E-state index in [0.717, 1.165) is 49.8 Å². The molecular weight excluding hydrogens is 366 g/mol. The summed E-state index contributed by atoms with van der Waals surface area (Å²) in [7, 11) is 1.39. The van der Waals surface area contributed by atoms with Crippen LogP contribution in [0.2, 0.25) is 0 Å². The van der Waals surface area contributed by atoms with Crippen molar-refractivity contribution >= 4 is 11.9 Å². The van der Waals surface area contributed by atoms with Gasteiger partial charge in [0.15, 0.2) is 0 Å². The summed E-state index contributed by atoms with van der Waals surface area (Å²) in [5.41, 5.74) is 3.56. The smallest absolute Gasteiger partial charge is 0.328 e. The Bertz CT molecular complexity index is 824. The second-order valence-electron chi connectivity index (χ2n) is 8.28. The summed E-state index contributed by atoms with van der Waals surface area (Å²) in [6, 6.07) is 10.3. The van der Waals surface area contributed by atoms with Crippen molar-refractivity contribution in [3.05, 3.63) is 42.1 Å². The van der Waals surface area contributed by atoms with Gasteiger partial charge in [-0.3, -0.25) is 9.89 Å². The Hall–Kier alpha value is -2.63. The van der Waals surface area contributed by atoms with Crippen LogP contribution in [0.3, 0.4) is 0 Å². The number of rotatable bonds is 5. The number of benzene rings is 1. The lowest BCUT2D eigenvalue weighted by molar-refractivity contribution is -0.151. The minimum absolute atomic E-state index is 0.116. The summed E-state index contributed by atoms with van der Waals surface area (Å²) in [4.78, 5) is 26.4. The Morgan fingerprint density at radius 3 is 2.52 bits per heavy atom. The van der Waals surface area contributed by atoms with Gasteiger partial charge in [0.25, 0.3) is 0 Å². The van der Waals surface area contributed by atoms with Crippen LogP contribution in [0.25, 0.3) is 11.3 Å². The predicted molar refractivity (Wildman–Crippen MR) is 110 cm³/mol. The van der Waals surface area contributed by atoms with Gasteiger partial charge in [-0.25, -0.2) is 4.79 Å². The molecule has 1 saturated heterocycles. The number of H-pyrrole nitrogens is 1. The molecule has 0 bridgehead atoms. The third-order valence-corrected chi connectivity index (χ3v) is 6.55. The predicted octanol–water partition coefficient (Wildman–Crippen LogP) is 3.90. The van der Waals surface area contributed by atoms with Gasteiger partial charge in [0.05, 0.1) is 12.8 Å². The number of nitrogens with zero attached hydrogens (tertiary/aromatic N) is 2. The van der Waals surface area contributed by atoms with Crippen molar-refractivity contribution in [3.8, 4) is 11.3 Å². The van der Waals surface area contributed by atoms with E-state index in [-0.39, 0.29) is 17.9 Å². The molecule has 29 heavy (non-hydrogen) atoms. The van der Waals surface area contributed by atoms with E-state index in [4.69, 9.17) is 4.74 Å². The molecule has 154 valence electrons. The molecule has 1 aliphatic heterocycles. The van der Waals surface area contributed by atoms with Crippen LogP contribution in [0.4, 0.5) is 0 Å². The van der Waals surface area contributed by atoms with Crippen LogP contribution in [0.5, 0.6) is 0 Å². The van der Waals surface area contributed by atoms with Gasteiger partial charge >= 0.3 is 5.97 Å². The van der Waals surface area contributed by atoms with E-state index in [2.05, 4.69) is 34.5 Å². The molecule has 1 N–H and O–H groups in total. The van der Waals surface area contributed by atoms with Crippen LogP contribution >= 0.6 is 0 Å². The fraction of sp³-hybridized carbons (Fsp3) is 0.522. The van der Waals surface area contributed by atoms with E-state index in [1.807, 2.05) is 6.07 Å². The zero-order chi connectivity index (χ0) is 20.2. The van der Waals surface area contributed by atoms with Crippen LogP contribution in [0.1, 0.15) is 56.4 Å². The maximum atomic E-state index is 12.8. The number of hydrogen-bond acceptors (Lipinski definition) is 4. The average molecular weight is 396 g/mol. The van der Waals surface area contributed by atoms with E-state index in [1.165, 1.54) is 12.7 Å². The molecule has 6 nitrogen and oxygen atoms in total. The van der Waals surface area contributed by atoms with Gasteiger partial charge in [-0.1, -0.05) is 24.3 Å². The molecule has 1 saturated carbocycles. The van der Waals surface area contributed by atoms with E-state index in [9.17, 15) is 9.59 Å². The van der Waals surface area contributed by atoms with Crippen LogP contribution in [0, 0.1) is 5.92 Å². The Kier molecular flexibility index (Phi) is 5.97. The fourth-order valence-corrected chi connectivity index (χ4v) is 4.86. The van der Waals surface area contributed by atoms with E-state index in [1.54, 1.807) is 11.1 Å². The number of methoxy groups -OCH3 is 1. The summed E-state index contributed by atoms with van der Waals surface area (Å²) in [5.74, 6) is 0.817. The monoisotopic (exact) mass is 395 g/mol. The van der Waals surface area contributed by atoms with Crippen LogP contribution in [-0.2, 0) is 14.3 Å². The second-order valence-corrected chi connectivity index (χ2v) is 8.28. The molecule has 1 aliphatic carbocycles. The number of carbonyl (C=O) groups is 2. The number of nitrogens with one attached hydrogen (secondary N) is 1. The molecule has 0 unspecified atom stereocenters. The molecule has 2 fully saturated rings. The second kappa shape index (κ2) is 8.80. The molecule has 2 heterocycles. The van der Waals surface area contributed by atoms with Crippen LogP contribution in [-0.4, -0.2) is 46.7 Å². The number of aromatic nitrogens is 2. The first-order chi connectivity index (χ1) is 14.2. The largest absolute Gasteiger partial charge is 0.467 e. The summed E-state index contributed by atoms with van der Waals surface area (Å²) >= 11 is 0. The summed E-state index contributed by atoms with van der Waals surface area (Å²) in [6.07, 6.45) is 8.28. The fourth-order valence-electron chi connectivity index (χ4n) is 4.86. The lowest BCUT2D eigenvalue weighted by Gasteiger charge is -2.30. The Morgan fingerprint density at radius 1 is 1.10 bits per heavy atom. The molecule has 1 aromatic carbocycles. The van der Waals surface area contributed by atoms with Gasteiger partial charge in [0.1, 0.15) is 6.04 Å². The highest BCUT2D eigenvalue weighted by molar-refractivity contribution is 5.85. The van der Waals surface area contributed by atoms with Gasteiger partial charge in [0, 0.05) is 19.2 Å². The number of ether oxygens (including phenoxy) is 1. The van der Waals surface area contributed by atoms with Crippen LogP contribution < -0.4 is 0 Å². The van der Waals surface area contributed by atoms with E-state index < -0.39 is 0 Å². The van der Waals surface area contributed by atoms with Crippen molar-refractivity contribution in [2.45, 2.75) is 56.9 Å². The SMILES string of the molecule is COC(=O)[C@@H]1CCCN1C(=O)CC1CCC(c2ccc(-c3ccn[nH]3)cc2)CC1.